The second-order valence-corrected chi connectivity index (χ2v) is 6.33. The van der Waals surface area contributed by atoms with E-state index in [1.54, 1.807) is 0 Å². The lowest BCUT2D eigenvalue weighted by molar-refractivity contribution is -0.710. The minimum Gasteiger partial charge on any atom is -0.247 e. The second kappa shape index (κ2) is 7.65. The largest absolute Gasteiger partial charge is 0.266 e. The van der Waals surface area contributed by atoms with Gasteiger partial charge in [0.15, 0.2) is 6.42 Å². The van der Waals surface area contributed by atoms with Crippen LogP contribution in [0.2, 0.25) is 0 Å². The Morgan fingerprint density at radius 3 is 1.79 bits per heavy atom. The molecule has 0 radical (unpaired) electrons. The lowest BCUT2D eigenvalue weighted by Crippen LogP contribution is -2.41. The van der Waals surface area contributed by atoms with Crippen LogP contribution in [0.1, 0.15) is 11.6 Å². The summed E-state index contributed by atoms with van der Waals surface area (Å²) in [5, 5.41) is 0. The molecule has 19 heavy (non-hydrogen) atoms. The first-order chi connectivity index (χ1) is 9.35. The van der Waals surface area contributed by atoms with Crippen LogP contribution in [-0.2, 0) is 19.5 Å². The SMILES string of the molecule is CSCC[n+]1cc[nH]c1Cc1[nH]cc[n+]1CCSC. The Balaban J connectivity index is 2.04. The molecule has 0 bridgehead atoms. The smallest absolute Gasteiger partial charge is 0.247 e. The van der Waals surface area contributed by atoms with Gasteiger partial charge in [0.25, 0.3) is 11.6 Å². The third-order valence-electron chi connectivity index (χ3n) is 3.11. The summed E-state index contributed by atoms with van der Waals surface area (Å²) < 4.78 is 4.60. The Bertz CT molecular complexity index is 448. The number of nitrogens with zero attached hydrogens (tertiary/aromatic N) is 2. The summed E-state index contributed by atoms with van der Waals surface area (Å²) in [7, 11) is 0. The number of hydrogen-bond acceptors (Lipinski definition) is 2. The van der Waals surface area contributed by atoms with Crippen molar-refractivity contribution >= 4 is 23.5 Å². The molecular formula is C13H22N4S2+2. The van der Waals surface area contributed by atoms with Crippen molar-refractivity contribution in [3.63, 3.8) is 0 Å². The predicted octanol–water partition coefficient (Wildman–Crippen LogP) is 1.23. The van der Waals surface area contributed by atoms with Gasteiger partial charge in [-0.1, -0.05) is 0 Å². The first-order valence-corrected chi connectivity index (χ1v) is 9.23. The molecule has 0 aliphatic carbocycles. The Labute approximate surface area is 123 Å². The van der Waals surface area contributed by atoms with Crippen LogP contribution in [0.4, 0.5) is 0 Å². The second-order valence-electron chi connectivity index (χ2n) is 4.36. The molecule has 2 aromatic heterocycles. The number of rotatable bonds is 8. The van der Waals surface area contributed by atoms with E-state index < -0.39 is 0 Å². The van der Waals surface area contributed by atoms with Crippen LogP contribution in [0, 0.1) is 0 Å². The van der Waals surface area contributed by atoms with Crippen LogP contribution in [0.3, 0.4) is 0 Å². The first kappa shape index (κ1) is 14.5. The molecule has 6 heteroatoms. The first-order valence-electron chi connectivity index (χ1n) is 6.44. The summed E-state index contributed by atoms with van der Waals surface area (Å²) in [6, 6.07) is 0. The highest BCUT2D eigenvalue weighted by molar-refractivity contribution is 7.98. The molecule has 0 aromatic carbocycles. The van der Waals surface area contributed by atoms with Crippen LogP contribution in [0.15, 0.2) is 24.8 Å². The highest BCUT2D eigenvalue weighted by Crippen LogP contribution is 1.99. The molecule has 2 aromatic rings. The molecular weight excluding hydrogens is 276 g/mol. The van der Waals surface area contributed by atoms with Gasteiger partial charge in [0.05, 0.1) is 13.1 Å². The van der Waals surface area contributed by atoms with Gasteiger partial charge in [0.1, 0.15) is 24.8 Å². The number of aryl methyl sites for hydroxylation is 2. The van der Waals surface area contributed by atoms with Gasteiger partial charge in [-0.05, 0) is 12.5 Å². The third kappa shape index (κ3) is 4.04. The third-order valence-corrected chi connectivity index (χ3v) is 4.29. The van der Waals surface area contributed by atoms with E-state index in [4.69, 9.17) is 0 Å². The number of aromatic nitrogens is 4. The van der Waals surface area contributed by atoms with E-state index in [0.29, 0.717) is 0 Å². The minimum atomic E-state index is 0.919. The standard InChI is InChI=1S/C13H20N4S2/c1-18-9-7-16-5-3-14-12(16)11-13-15-4-6-17(13)8-10-19-2/h3-6H,7-11H2,1-2H3/p+2. The van der Waals surface area contributed by atoms with E-state index in [1.807, 2.05) is 35.9 Å². The molecule has 4 nitrogen and oxygen atoms in total. The maximum absolute atomic E-state index is 3.35. The molecule has 0 fully saturated rings. The predicted molar refractivity (Wildman–Crippen MR) is 81.5 cm³/mol. The Morgan fingerprint density at radius 1 is 0.895 bits per heavy atom. The Hall–Kier alpha value is -0.880. The molecule has 0 saturated carbocycles. The summed E-state index contributed by atoms with van der Waals surface area (Å²) in [6.45, 7) is 2.12. The number of thioether (sulfide) groups is 2. The van der Waals surface area contributed by atoms with Gasteiger partial charge in [0, 0.05) is 11.5 Å². The monoisotopic (exact) mass is 298 g/mol. The van der Waals surface area contributed by atoms with Gasteiger partial charge in [0.2, 0.25) is 0 Å². The molecule has 0 amide bonds. The van der Waals surface area contributed by atoms with E-state index in [9.17, 15) is 0 Å². The molecule has 0 spiro atoms. The normalized spacial score (nSPS) is 11.1. The van der Waals surface area contributed by atoms with Crippen LogP contribution in [-0.4, -0.2) is 34.0 Å². The summed E-state index contributed by atoms with van der Waals surface area (Å²) in [5.74, 6) is 4.81. The molecule has 0 saturated heterocycles. The topological polar surface area (TPSA) is 39.3 Å². The maximum Gasteiger partial charge on any atom is 0.266 e. The zero-order valence-corrected chi connectivity index (χ0v) is 13.2. The van der Waals surface area contributed by atoms with Gasteiger partial charge < -0.3 is 0 Å². The number of nitrogens with one attached hydrogen (secondary N) is 2. The molecule has 2 N–H and O–H groups in total. The molecule has 2 heterocycles. The molecule has 0 atom stereocenters. The highest BCUT2D eigenvalue weighted by Gasteiger charge is 2.18. The van der Waals surface area contributed by atoms with Crippen LogP contribution in [0.5, 0.6) is 0 Å². The van der Waals surface area contributed by atoms with Crippen molar-refractivity contribution in [3.8, 4) is 0 Å². The fourth-order valence-electron chi connectivity index (χ4n) is 2.05. The lowest BCUT2D eigenvalue weighted by Gasteiger charge is -2.00. The zero-order valence-electron chi connectivity index (χ0n) is 11.6. The van der Waals surface area contributed by atoms with Gasteiger partial charge in [-0.15, -0.1) is 0 Å². The zero-order chi connectivity index (χ0) is 13.5. The summed E-state index contributed by atoms with van der Waals surface area (Å²) in [5.41, 5.74) is 0. The number of hydrogen-bond donors (Lipinski definition) is 2. The van der Waals surface area contributed by atoms with Crippen LogP contribution in [0.25, 0.3) is 0 Å². The summed E-state index contributed by atoms with van der Waals surface area (Å²) in [4.78, 5) is 6.70. The van der Waals surface area contributed by atoms with E-state index in [-0.39, 0.29) is 0 Å². The molecule has 104 valence electrons. The average molecular weight is 298 g/mol. The van der Waals surface area contributed by atoms with Crippen molar-refractivity contribution < 1.29 is 9.13 Å². The summed E-state index contributed by atoms with van der Waals surface area (Å²) in [6.07, 6.45) is 13.5. The van der Waals surface area contributed by atoms with E-state index in [2.05, 4.69) is 44.0 Å². The number of aromatic amines is 2. The summed E-state index contributed by atoms with van der Waals surface area (Å²) >= 11 is 3.76. The molecule has 0 aliphatic heterocycles. The van der Waals surface area contributed by atoms with Gasteiger partial charge in [-0.2, -0.15) is 23.5 Å². The number of imidazole rings is 2. The van der Waals surface area contributed by atoms with Gasteiger partial charge >= 0.3 is 0 Å². The van der Waals surface area contributed by atoms with Crippen molar-refractivity contribution in [2.45, 2.75) is 19.5 Å². The number of H-pyrrole nitrogens is 2. The lowest BCUT2D eigenvalue weighted by atomic mass is 10.3. The Morgan fingerprint density at radius 2 is 1.37 bits per heavy atom. The van der Waals surface area contributed by atoms with E-state index in [0.717, 1.165) is 31.0 Å². The van der Waals surface area contributed by atoms with Crippen LogP contribution >= 0.6 is 23.5 Å². The molecule has 0 unspecified atom stereocenters. The molecule has 2 rings (SSSR count). The van der Waals surface area contributed by atoms with E-state index >= 15 is 0 Å². The van der Waals surface area contributed by atoms with Crippen molar-refractivity contribution in [2.24, 2.45) is 0 Å². The Kier molecular flexibility index (Phi) is 5.85. The van der Waals surface area contributed by atoms with Crippen molar-refractivity contribution in [1.82, 2.24) is 9.97 Å². The maximum atomic E-state index is 3.35. The van der Waals surface area contributed by atoms with Crippen molar-refractivity contribution in [2.75, 3.05) is 24.0 Å². The quantitative estimate of drug-likeness (QED) is 0.720. The highest BCUT2D eigenvalue weighted by atomic mass is 32.2. The van der Waals surface area contributed by atoms with Gasteiger partial charge in [-0.3, -0.25) is 0 Å². The van der Waals surface area contributed by atoms with E-state index in [1.165, 1.54) is 11.6 Å². The van der Waals surface area contributed by atoms with Crippen molar-refractivity contribution in [1.29, 1.82) is 0 Å². The fourth-order valence-corrected chi connectivity index (χ4v) is 2.81. The minimum absolute atomic E-state index is 0.919. The van der Waals surface area contributed by atoms with Gasteiger partial charge in [-0.25, -0.2) is 19.1 Å². The van der Waals surface area contributed by atoms with Crippen LogP contribution < -0.4 is 9.13 Å². The van der Waals surface area contributed by atoms with Crippen molar-refractivity contribution in [3.05, 3.63) is 36.4 Å². The molecule has 0 aliphatic rings. The average Bonchev–Trinajstić information content (AvgIpc) is 3.04. The fraction of sp³-hybridized carbons (Fsp3) is 0.538.